The van der Waals surface area contributed by atoms with E-state index in [4.69, 9.17) is 0 Å². The van der Waals surface area contributed by atoms with E-state index in [1.807, 2.05) is 0 Å². The maximum atomic E-state index is 4.65. The van der Waals surface area contributed by atoms with Gasteiger partial charge in [0.1, 0.15) is 12.1 Å². The summed E-state index contributed by atoms with van der Waals surface area (Å²) in [6, 6.07) is 3.45. The monoisotopic (exact) mass is 366 g/mol. The van der Waals surface area contributed by atoms with Gasteiger partial charge in [-0.25, -0.2) is 9.97 Å². The summed E-state index contributed by atoms with van der Waals surface area (Å²) in [4.78, 5) is 14.1. The molecule has 0 spiro atoms. The van der Waals surface area contributed by atoms with Crippen LogP contribution in [0.15, 0.2) is 12.4 Å². The number of H-pyrrole nitrogens is 1. The molecule has 2 fully saturated rings. The first-order valence-electron chi connectivity index (χ1n) is 10.6. The molecular weight excluding hydrogens is 336 g/mol. The molecule has 0 unspecified atom stereocenters. The Balaban J connectivity index is 1.24. The Morgan fingerprint density at radius 3 is 2.63 bits per heavy atom. The highest BCUT2D eigenvalue weighted by Gasteiger charge is 2.36. The average Bonchev–Trinajstić information content (AvgIpc) is 3.44. The van der Waals surface area contributed by atoms with Crippen LogP contribution in [0, 0.1) is 6.92 Å². The molecule has 1 aliphatic heterocycles. The minimum absolute atomic E-state index is 0.608. The molecule has 0 amide bonds. The van der Waals surface area contributed by atoms with Gasteiger partial charge in [-0.2, -0.15) is 5.10 Å². The topological polar surface area (TPSA) is 60.9 Å². The van der Waals surface area contributed by atoms with Crippen LogP contribution in [0.3, 0.4) is 0 Å². The number of rotatable bonds is 5. The summed E-state index contributed by atoms with van der Waals surface area (Å²) < 4.78 is 0. The fraction of sp³-hybridized carbons (Fsp3) is 0.667. The van der Waals surface area contributed by atoms with Gasteiger partial charge in [-0.15, -0.1) is 0 Å². The fourth-order valence-corrected chi connectivity index (χ4v) is 4.85. The highest BCUT2D eigenvalue weighted by molar-refractivity contribution is 5.43. The number of piperidine rings is 1. The lowest BCUT2D eigenvalue weighted by atomic mass is 9.95. The van der Waals surface area contributed by atoms with E-state index < -0.39 is 0 Å². The molecule has 6 heteroatoms. The zero-order valence-electron chi connectivity index (χ0n) is 16.3. The van der Waals surface area contributed by atoms with Gasteiger partial charge in [0, 0.05) is 49.2 Å². The number of likely N-dealkylation sites (tertiary alicyclic amines) is 1. The third-order valence-corrected chi connectivity index (χ3v) is 6.46. The van der Waals surface area contributed by atoms with Crippen molar-refractivity contribution in [3.63, 3.8) is 0 Å². The molecule has 0 radical (unpaired) electrons. The molecule has 1 saturated heterocycles. The molecule has 0 atom stereocenters. The van der Waals surface area contributed by atoms with E-state index in [2.05, 4.69) is 43.0 Å². The van der Waals surface area contributed by atoms with Crippen molar-refractivity contribution < 1.29 is 0 Å². The largest absolute Gasteiger partial charge is 0.350 e. The smallest absolute Gasteiger partial charge is 0.132 e. The minimum Gasteiger partial charge on any atom is -0.350 e. The third-order valence-electron chi connectivity index (χ3n) is 6.46. The number of hydrogen-bond acceptors (Lipinski definition) is 5. The van der Waals surface area contributed by atoms with Gasteiger partial charge in [0.25, 0.3) is 0 Å². The normalized spacial score (nSPS) is 21.2. The van der Waals surface area contributed by atoms with Crippen molar-refractivity contribution in [1.29, 1.82) is 0 Å². The van der Waals surface area contributed by atoms with Crippen LogP contribution in [0.2, 0.25) is 0 Å². The molecule has 2 aliphatic carbocycles. The van der Waals surface area contributed by atoms with E-state index in [1.54, 1.807) is 6.33 Å². The lowest BCUT2D eigenvalue weighted by Crippen LogP contribution is -2.46. The second kappa shape index (κ2) is 7.23. The van der Waals surface area contributed by atoms with E-state index in [-0.39, 0.29) is 0 Å². The van der Waals surface area contributed by atoms with Gasteiger partial charge in [0.2, 0.25) is 0 Å². The van der Waals surface area contributed by atoms with Gasteiger partial charge in [-0.1, -0.05) is 0 Å². The Morgan fingerprint density at radius 1 is 1.07 bits per heavy atom. The molecule has 2 aromatic heterocycles. The first kappa shape index (κ1) is 17.2. The molecule has 2 aromatic rings. The van der Waals surface area contributed by atoms with Gasteiger partial charge in [-0.05, 0) is 63.9 Å². The standard InChI is InChI=1S/C21H30N6/c1-15-12-21(23-14-22-15)27(16-6-7-16)17-8-10-26(11-9-17)13-20-18-4-2-3-5-19(18)24-25-20/h12,14,16-17H,2-11,13H2,1H3,(H,24,25). The van der Waals surface area contributed by atoms with Crippen LogP contribution in [0.5, 0.6) is 0 Å². The van der Waals surface area contributed by atoms with E-state index in [0.29, 0.717) is 12.1 Å². The van der Waals surface area contributed by atoms with E-state index in [9.17, 15) is 0 Å². The first-order chi connectivity index (χ1) is 13.3. The highest BCUT2D eigenvalue weighted by Crippen LogP contribution is 2.35. The van der Waals surface area contributed by atoms with Gasteiger partial charge < -0.3 is 4.90 Å². The summed E-state index contributed by atoms with van der Waals surface area (Å²) >= 11 is 0. The predicted octanol–water partition coefficient (Wildman–Crippen LogP) is 3.02. The summed E-state index contributed by atoms with van der Waals surface area (Å²) in [6.07, 6.45) is 11.8. The SMILES string of the molecule is Cc1cc(N(C2CC2)C2CCN(Cc3n[nH]c4c3CCCC4)CC2)ncn1. The van der Waals surface area contributed by atoms with Gasteiger partial charge in [0.15, 0.2) is 0 Å². The lowest BCUT2D eigenvalue weighted by molar-refractivity contribution is 0.198. The Hall–Kier alpha value is -1.95. The molecule has 6 nitrogen and oxygen atoms in total. The van der Waals surface area contributed by atoms with Crippen molar-refractivity contribution in [3.8, 4) is 0 Å². The van der Waals surface area contributed by atoms with Crippen LogP contribution >= 0.6 is 0 Å². The van der Waals surface area contributed by atoms with Gasteiger partial charge >= 0.3 is 0 Å². The first-order valence-corrected chi connectivity index (χ1v) is 10.6. The van der Waals surface area contributed by atoms with Crippen molar-refractivity contribution in [1.82, 2.24) is 25.1 Å². The number of aromatic nitrogens is 4. The molecule has 0 aromatic carbocycles. The van der Waals surface area contributed by atoms with Crippen molar-refractivity contribution >= 4 is 5.82 Å². The molecule has 0 bridgehead atoms. The summed E-state index contributed by atoms with van der Waals surface area (Å²) in [7, 11) is 0. The third kappa shape index (κ3) is 3.59. The Labute approximate surface area is 161 Å². The average molecular weight is 367 g/mol. The number of fused-ring (bicyclic) bond motifs is 1. The molecule has 27 heavy (non-hydrogen) atoms. The Kier molecular flexibility index (Phi) is 4.60. The fourth-order valence-electron chi connectivity index (χ4n) is 4.85. The van der Waals surface area contributed by atoms with Crippen molar-refractivity contribution in [3.05, 3.63) is 35.0 Å². The van der Waals surface area contributed by atoms with Crippen LogP contribution < -0.4 is 4.90 Å². The minimum atomic E-state index is 0.608. The zero-order chi connectivity index (χ0) is 18.2. The van der Waals surface area contributed by atoms with E-state index >= 15 is 0 Å². The molecule has 3 heterocycles. The molecular formula is C21H30N6. The van der Waals surface area contributed by atoms with Crippen LogP contribution in [-0.4, -0.2) is 50.2 Å². The van der Waals surface area contributed by atoms with Gasteiger partial charge in [0.05, 0.1) is 5.69 Å². The predicted molar refractivity (Wildman–Crippen MR) is 106 cm³/mol. The maximum absolute atomic E-state index is 4.65. The molecule has 144 valence electrons. The van der Waals surface area contributed by atoms with Crippen LogP contribution in [-0.2, 0) is 19.4 Å². The second-order valence-corrected chi connectivity index (χ2v) is 8.50. The van der Waals surface area contributed by atoms with E-state index in [1.165, 1.54) is 68.3 Å². The number of nitrogens with zero attached hydrogens (tertiary/aromatic N) is 5. The number of anilines is 1. The highest BCUT2D eigenvalue weighted by atomic mass is 15.3. The zero-order valence-corrected chi connectivity index (χ0v) is 16.3. The number of aromatic amines is 1. The van der Waals surface area contributed by atoms with Crippen molar-refractivity contribution in [2.24, 2.45) is 0 Å². The maximum Gasteiger partial charge on any atom is 0.132 e. The molecule has 1 saturated carbocycles. The number of nitrogens with one attached hydrogen (secondary N) is 1. The van der Waals surface area contributed by atoms with Crippen LogP contribution in [0.25, 0.3) is 0 Å². The quantitative estimate of drug-likeness (QED) is 0.881. The molecule has 1 N–H and O–H groups in total. The number of hydrogen-bond donors (Lipinski definition) is 1. The Morgan fingerprint density at radius 2 is 1.85 bits per heavy atom. The molecule has 5 rings (SSSR count). The van der Waals surface area contributed by atoms with Crippen LogP contribution in [0.1, 0.15) is 61.2 Å². The summed E-state index contributed by atoms with van der Waals surface area (Å²) in [5, 5.41) is 7.94. The van der Waals surface area contributed by atoms with Crippen molar-refractivity contribution in [2.45, 2.75) is 76.9 Å². The molecule has 3 aliphatic rings. The van der Waals surface area contributed by atoms with Crippen LogP contribution in [0.4, 0.5) is 5.82 Å². The van der Waals surface area contributed by atoms with Gasteiger partial charge in [-0.3, -0.25) is 10.00 Å². The van der Waals surface area contributed by atoms with E-state index in [0.717, 1.165) is 31.1 Å². The lowest BCUT2D eigenvalue weighted by Gasteiger charge is -2.39. The Bertz CT molecular complexity index is 788. The summed E-state index contributed by atoms with van der Waals surface area (Å²) in [5.74, 6) is 1.13. The number of aryl methyl sites for hydroxylation is 2. The summed E-state index contributed by atoms with van der Waals surface area (Å²) in [5.41, 5.74) is 5.27. The summed E-state index contributed by atoms with van der Waals surface area (Å²) in [6.45, 7) is 5.37. The van der Waals surface area contributed by atoms with Crippen molar-refractivity contribution in [2.75, 3.05) is 18.0 Å². The second-order valence-electron chi connectivity index (χ2n) is 8.50.